The Labute approximate surface area is 89.7 Å². The highest BCUT2D eigenvalue weighted by atomic mass is 16.3. The van der Waals surface area contributed by atoms with Crippen LogP contribution in [0.15, 0.2) is 18.3 Å². The van der Waals surface area contributed by atoms with Gasteiger partial charge in [-0.2, -0.15) is 0 Å². The molecule has 1 aromatic heterocycles. The molecule has 0 aromatic carbocycles. The Morgan fingerprint density at radius 3 is 2.87 bits per heavy atom. The van der Waals surface area contributed by atoms with Gasteiger partial charge < -0.3 is 15.7 Å². The maximum Gasteiger partial charge on any atom is 0.128 e. The van der Waals surface area contributed by atoms with Crippen molar-refractivity contribution in [2.24, 2.45) is 5.73 Å². The maximum atomic E-state index is 9.41. The number of pyridine rings is 1. The Bertz CT molecular complexity index is 321. The molecule has 2 heterocycles. The number of rotatable bonds is 2. The molecule has 0 amide bonds. The van der Waals surface area contributed by atoms with E-state index in [2.05, 4.69) is 9.88 Å². The van der Waals surface area contributed by atoms with Crippen molar-refractivity contribution < 1.29 is 5.11 Å². The third kappa shape index (κ3) is 2.46. The molecule has 3 N–H and O–H groups in total. The standard InChI is InChI=1S/C11H17N3O/c12-8-9-1-4-13-11(7-9)14-5-2-10(15)3-6-14/h1,4,7,10,15H,2-3,5-6,8,12H2. The number of hydrogen-bond donors (Lipinski definition) is 2. The number of nitrogens with zero attached hydrogens (tertiary/aromatic N) is 2. The lowest BCUT2D eigenvalue weighted by atomic mass is 10.1. The zero-order chi connectivity index (χ0) is 10.7. The molecule has 0 saturated carbocycles. The summed E-state index contributed by atoms with van der Waals surface area (Å²) < 4.78 is 0. The second-order valence-corrected chi connectivity index (χ2v) is 3.94. The first-order chi connectivity index (χ1) is 7.29. The maximum absolute atomic E-state index is 9.41. The van der Waals surface area contributed by atoms with Crippen LogP contribution in [0.25, 0.3) is 0 Å². The van der Waals surface area contributed by atoms with Crippen molar-refractivity contribution >= 4 is 5.82 Å². The molecule has 0 bridgehead atoms. The monoisotopic (exact) mass is 207 g/mol. The van der Waals surface area contributed by atoms with Gasteiger partial charge in [0.2, 0.25) is 0 Å². The molecule has 1 fully saturated rings. The highest BCUT2D eigenvalue weighted by Gasteiger charge is 2.17. The summed E-state index contributed by atoms with van der Waals surface area (Å²) in [6.45, 7) is 2.30. The lowest BCUT2D eigenvalue weighted by Gasteiger charge is -2.30. The van der Waals surface area contributed by atoms with Crippen molar-refractivity contribution in [3.8, 4) is 0 Å². The lowest BCUT2D eigenvalue weighted by Crippen LogP contribution is -2.36. The van der Waals surface area contributed by atoms with Gasteiger partial charge in [0, 0.05) is 25.8 Å². The largest absolute Gasteiger partial charge is 0.393 e. The summed E-state index contributed by atoms with van der Waals surface area (Å²) in [4.78, 5) is 6.53. The number of hydrogen-bond acceptors (Lipinski definition) is 4. The molecule has 2 rings (SSSR count). The molecule has 1 aliphatic rings. The third-order valence-electron chi connectivity index (χ3n) is 2.83. The molecule has 82 valence electrons. The van der Waals surface area contributed by atoms with Gasteiger partial charge >= 0.3 is 0 Å². The zero-order valence-electron chi connectivity index (χ0n) is 8.76. The van der Waals surface area contributed by atoms with E-state index in [1.165, 1.54) is 0 Å². The Balaban J connectivity index is 2.08. The van der Waals surface area contributed by atoms with Crippen molar-refractivity contribution in [1.29, 1.82) is 0 Å². The Hall–Kier alpha value is -1.13. The minimum atomic E-state index is -0.140. The second-order valence-electron chi connectivity index (χ2n) is 3.94. The van der Waals surface area contributed by atoms with Crippen LogP contribution in [0.2, 0.25) is 0 Å². The lowest BCUT2D eigenvalue weighted by molar-refractivity contribution is 0.145. The molecule has 15 heavy (non-hydrogen) atoms. The van der Waals surface area contributed by atoms with Gasteiger partial charge in [0.15, 0.2) is 0 Å². The average molecular weight is 207 g/mol. The molecule has 0 radical (unpaired) electrons. The van der Waals surface area contributed by atoms with Crippen molar-refractivity contribution in [2.75, 3.05) is 18.0 Å². The van der Waals surface area contributed by atoms with Gasteiger partial charge in [0.1, 0.15) is 5.82 Å². The molecule has 0 atom stereocenters. The van der Waals surface area contributed by atoms with Crippen molar-refractivity contribution in [1.82, 2.24) is 4.98 Å². The zero-order valence-corrected chi connectivity index (χ0v) is 8.76. The van der Waals surface area contributed by atoms with E-state index in [0.717, 1.165) is 37.3 Å². The summed E-state index contributed by atoms with van der Waals surface area (Å²) in [6.07, 6.45) is 3.31. The molecule has 1 aliphatic heterocycles. The summed E-state index contributed by atoms with van der Waals surface area (Å²) >= 11 is 0. The number of aliphatic hydroxyl groups is 1. The van der Waals surface area contributed by atoms with Gasteiger partial charge in [0.05, 0.1) is 6.10 Å². The number of anilines is 1. The van der Waals surface area contributed by atoms with Crippen LogP contribution in [0.1, 0.15) is 18.4 Å². The first-order valence-corrected chi connectivity index (χ1v) is 5.37. The Kier molecular flexibility index (Phi) is 3.18. The summed E-state index contributed by atoms with van der Waals surface area (Å²) in [7, 11) is 0. The van der Waals surface area contributed by atoms with Gasteiger partial charge in [-0.25, -0.2) is 4.98 Å². The van der Waals surface area contributed by atoms with Crippen LogP contribution in [0, 0.1) is 0 Å². The van der Waals surface area contributed by atoms with E-state index in [0.29, 0.717) is 6.54 Å². The Morgan fingerprint density at radius 1 is 1.47 bits per heavy atom. The van der Waals surface area contributed by atoms with Crippen molar-refractivity contribution in [3.05, 3.63) is 23.9 Å². The Morgan fingerprint density at radius 2 is 2.20 bits per heavy atom. The molecular formula is C11H17N3O. The molecule has 0 aliphatic carbocycles. The summed E-state index contributed by atoms with van der Waals surface area (Å²) in [6, 6.07) is 3.96. The molecule has 4 nitrogen and oxygen atoms in total. The molecule has 0 spiro atoms. The van der Waals surface area contributed by atoms with E-state index in [9.17, 15) is 5.11 Å². The van der Waals surface area contributed by atoms with Gasteiger partial charge in [-0.05, 0) is 30.5 Å². The summed E-state index contributed by atoms with van der Waals surface area (Å²) in [5, 5.41) is 9.41. The minimum Gasteiger partial charge on any atom is -0.393 e. The quantitative estimate of drug-likeness (QED) is 0.741. The summed E-state index contributed by atoms with van der Waals surface area (Å²) in [5.74, 6) is 0.977. The van der Waals surface area contributed by atoms with Crippen LogP contribution < -0.4 is 10.6 Å². The molecule has 0 unspecified atom stereocenters. The van der Waals surface area contributed by atoms with Gasteiger partial charge in [-0.15, -0.1) is 0 Å². The highest BCUT2D eigenvalue weighted by Crippen LogP contribution is 2.18. The fourth-order valence-corrected chi connectivity index (χ4v) is 1.86. The first kappa shape index (κ1) is 10.4. The van der Waals surface area contributed by atoms with E-state index in [4.69, 9.17) is 5.73 Å². The van der Waals surface area contributed by atoms with Crippen LogP contribution in [0.4, 0.5) is 5.82 Å². The van der Waals surface area contributed by atoms with Gasteiger partial charge in [-0.3, -0.25) is 0 Å². The van der Waals surface area contributed by atoms with E-state index >= 15 is 0 Å². The minimum absolute atomic E-state index is 0.140. The normalized spacial score (nSPS) is 18.1. The smallest absolute Gasteiger partial charge is 0.128 e. The van der Waals surface area contributed by atoms with Crippen LogP contribution in [0.5, 0.6) is 0 Å². The number of aliphatic hydroxyl groups excluding tert-OH is 1. The first-order valence-electron chi connectivity index (χ1n) is 5.37. The molecule has 4 heteroatoms. The van der Waals surface area contributed by atoms with E-state index in [-0.39, 0.29) is 6.10 Å². The van der Waals surface area contributed by atoms with Crippen molar-refractivity contribution in [3.63, 3.8) is 0 Å². The third-order valence-corrected chi connectivity index (χ3v) is 2.83. The SMILES string of the molecule is NCc1ccnc(N2CCC(O)CC2)c1. The van der Waals surface area contributed by atoms with Crippen LogP contribution >= 0.6 is 0 Å². The summed E-state index contributed by atoms with van der Waals surface area (Å²) in [5.41, 5.74) is 6.69. The van der Waals surface area contributed by atoms with Crippen LogP contribution in [-0.2, 0) is 6.54 Å². The fraction of sp³-hybridized carbons (Fsp3) is 0.545. The molecular weight excluding hydrogens is 190 g/mol. The van der Waals surface area contributed by atoms with Crippen LogP contribution in [0.3, 0.4) is 0 Å². The highest BCUT2D eigenvalue weighted by molar-refractivity contribution is 5.41. The fourth-order valence-electron chi connectivity index (χ4n) is 1.86. The van der Waals surface area contributed by atoms with Gasteiger partial charge in [0.25, 0.3) is 0 Å². The number of nitrogens with two attached hydrogens (primary N) is 1. The predicted octanol–water partition coefficient (Wildman–Crippen LogP) is 0.501. The second kappa shape index (κ2) is 4.59. The van der Waals surface area contributed by atoms with E-state index < -0.39 is 0 Å². The number of aromatic nitrogens is 1. The topological polar surface area (TPSA) is 62.4 Å². The number of piperidine rings is 1. The van der Waals surface area contributed by atoms with Crippen molar-refractivity contribution in [2.45, 2.75) is 25.5 Å². The van der Waals surface area contributed by atoms with E-state index in [1.807, 2.05) is 12.1 Å². The predicted molar refractivity (Wildman–Crippen MR) is 59.6 cm³/mol. The van der Waals surface area contributed by atoms with Gasteiger partial charge in [-0.1, -0.05) is 0 Å². The average Bonchev–Trinajstić information content (AvgIpc) is 2.30. The van der Waals surface area contributed by atoms with E-state index in [1.54, 1.807) is 6.20 Å². The molecule has 1 saturated heterocycles. The van der Waals surface area contributed by atoms with Crippen LogP contribution in [-0.4, -0.2) is 29.3 Å². The molecule has 1 aromatic rings.